The van der Waals surface area contributed by atoms with E-state index in [-0.39, 0.29) is 6.42 Å². The van der Waals surface area contributed by atoms with Crippen LogP contribution >= 0.6 is 0 Å². The van der Waals surface area contributed by atoms with Crippen LogP contribution in [0.25, 0.3) is 0 Å². The Balaban J connectivity index is 3.07. The van der Waals surface area contributed by atoms with Gasteiger partial charge in [-0.05, 0) is 33.5 Å². The molecule has 0 atom stereocenters. The van der Waals surface area contributed by atoms with Gasteiger partial charge in [-0.3, -0.25) is 0 Å². The van der Waals surface area contributed by atoms with Gasteiger partial charge in [0.15, 0.2) is 0 Å². The monoisotopic (exact) mass is 212 g/mol. The van der Waals surface area contributed by atoms with Gasteiger partial charge in [-0.25, -0.2) is 0 Å². The topological polar surface area (TPSA) is 15.3 Å². The Morgan fingerprint density at radius 2 is 1.71 bits per heavy atom. The number of hydrogen-bond acceptors (Lipinski definition) is 2. The van der Waals surface area contributed by atoms with Crippen LogP contribution in [-0.2, 0) is 0 Å². The van der Waals surface area contributed by atoms with Crippen molar-refractivity contribution in [3.63, 3.8) is 0 Å². The highest BCUT2D eigenvalue weighted by atomic mass is 19.4. The molecule has 0 saturated carbocycles. The highest BCUT2D eigenvalue weighted by Gasteiger charge is 2.25. The van der Waals surface area contributed by atoms with Crippen LogP contribution in [-0.4, -0.2) is 44.8 Å². The summed E-state index contributed by atoms with van der Waals surface area (Å²) in [6, 6.07) is 0. The van der Waals surface area contributed by atoms with E-state index in [4.69, 9.17) is 0 Å². The standard InChI is InChI=1S/C9H19F3N2/c1-14(2)8-7-13-6-4-3-5-9(10,11)12/h13H,3-8H2,1-2H3. The quantitative estimate of drug-likeness (QED) is 0.648. The van der Waals surface area contributed by atoms with Crippen LogP contribution in [0, 0.1) is 0 Å². The van der Waals surface area contributed by atoms with E-state index in [1.165, 1.54) is 0 Å². The van der Waals surface area contributed by atoms with E-state index in [0.717, 1.165) is 13.1 Å². The third-order valence-electron chi connectivity index (χ3n) is 1.80. The van der Waals surface area contributed by atoms with Crippen molar-refractivity contribution in [2.75, 3.05) is 33.7 Å². The van der Waals surface area contributed by atoms with Crippen LogP contribution in [0.2, 0.25) is 0 Å². The number of halogens is 3. The van der Waals surface area contributed by atoms with Crippen molar-refractivity contribution in [3.05, 3.63) is 0 Å². The van der Waals surface area contributed by atoms with Gasteiger partial charge in [-0.1, -0.05) is 0 Å². The average Bonchev–Trinajstić information content (AvgIpc) is 2.00. The third-order valence-corrected chi connectivity index (χ3v) is 1.80. The zero-order valence-corrected chi connectivity index (χ0v) is 8.82. The maximum atomic E-state index is 11.7. The van der Waals surface area contributed by atoms with Crippen LogP contribution in [0.3, 0.4) is 0 Å². The van der Waals surface area contributed by atoms with Crippen molar-refractivity contribution in [1.82, 2.24) is 10.2 Å². The number of likely N-dealkylation sites (N-methyl/N-ethyl adjacent to an activating group) is 1. The Morgan fingerprint density at radius 3 is 2.21 bits per heavy atom. The predicted octanol–water partition coefficient (Wildman–Crippen LogP) is 1.87. The van der Waals surface area contributed by atoms with Gasteiger partial charge in [0.1, 0.15) is 0 Å². The van der Waals surface area contributed by atoms with Gasteiger partial charge in [-0.15, -0.1) is 0 Å². The number of hydrogen-bond donors (Lipinski definition) is 1. The van der Waals surface area contributed by atoms with Gasteiger partial charge in [0.2, 0.25) is 0 Å². The second kappa shape index (κ2) is 7.06. The Morgan fingerprint density at radius 1 is 1.07 bits per heavy atom. The lowest BCUT2D eigenvalue weighted by molar-refractivity contribution is -0.135. The molecule has 1 N–H and O–H groups in total. The van der Waals surface area contributed by atoms with E-state index in [1.807, 2.05) is 19.0 Å². The fourth-order valence-electron chi connectivity index (χ4n) is 1.00. The zero-order valence-electron chi connectivity index (χ0n) is 8.82. The Bertz CT molecular complexity index is 135. The van der Waals surface area contributed by atoms with Crippen LogP contribution in [0.5, 0.6) is 0 Å². The fraction of sp³-hybridized carbons (Fsp3) is 1.00. The highest BCUT2D eigenvalue weighted by Crippen LogP contribution is 2.21. The molecule has 0 aromatic rings. The first kappa shape index (κ1) is 13.7. The Labute approximate surface area is 83.5 Å². The summed E-state index contributed by atoms with van der Waals surface area (Å²) in [5.41, 5.74) is 0. The van der Waals surface area contributed by atoms with Gasteiger partial charge in [-0.2, -0.15) is 13.2 Å². The van der Waals surface area contributed by atoms with Gasteiger partial charge >= 0.3 is 6.18 Å². The zero-order chi connectivity index (χ0) is 11.0. The smallest absolute Gasteiger partial charge is 0.315 e. The number of nitrogens with zero attached hydrogens (tertiary/aromatic N) is 1. The number of alkyl halides is 3. The summed E-state index contributed by atoms with van der Waals surface area (Å²) in [5, 5.41) is 3.09. The fourth-order valence-corrected chi connectivity index (χ4v) is 1.00. The maximum Gasteiger partial charge on any atom is 0.389 e. The second-order valence-corrected chi connectivity index (χ2v) is 3.63. The molecule has 0 spiro atoms. The second-order valence-electron chi connectivity index (χ2n) is 3.63. The highest BCUT2D eigenvalue weighted by molar-refractivity contribution is 4.54. The molecule has 0 saturated heterocycles. The minimum atomic E-state index is -4.00. The van der Waals surface area contributed by atoms with Crippen molar-refractivity contribution in [1.29, 1.82) is 0 Å². The summed E-state index contributed by atoms with van der Waals surface area (Å²) < 4.78 is 35.1. The molecule has 2 nitrogen and oxygen atoms in total. The molecule has 0 aromatic heterocycles. The van der Waals surface area contributed by atoms with Crippen molar-refractivity contribution >= 4 is 0 Å². The first-order valence-electron chi connectivity index (χ1n) is 4.84. The maximum absolute atomic E-state index is 11.7. The lowest BCUT2D eigenvalue weighted by atomic mass is 10.2. The van der Waals surface area contributed by atoms with Crippen LogP contribution < -0.4 is 5.32 Å². The Kier molecular flexibility index (Phi) is 6.92. The van der Waals surface area contributed by atoms with Crippen molar-refractivity contribution in [3.8, 4) is 0 Å². The van der Waals surface area contributed by atoms with Gasteiger partial charge in [0.25, 0.3) is 0 Å². The van der Waals surface area contributed by atoms with Crippen molar-refractivity contribution in [2.24, 2.45) is 0 Å². The van der Waals surface area contributed by atoms with Gasteiger partial charge in [0, 0.05) is 19.5 Å². The van der Waals surface area contributed by atoms with Crippen LogP contribution in [0.1, 0.15) is 19.3 Å². The van der Waals surface area contributed by atoms with Crippen molar-refractivity contribution < 1.29 is 13.2 Å². The lowest BCUT2D eigenvalue weighted by Crippen LogP contribution is -2.27. The predicted molar refractivity (Wildman–Crippen MR) is 51.3 cm³/mol. The lowest BCUT2D eigenvalue weighted by Gasteiger charge is -2.10. The molecular weight excluding hydrogens is 193 g/mol. The Hall–Kier alpha value is -0.290. The molecule has 0 aromatic carbocycles. The average molecular weight is 212 g/mol. The first-order valence-corrected chi connectivity index (χ1v) is 4.84. The summed E-state index contributed by atoms with van der Waals surface area (Å²) in [6.45, 7) is 2.42. The van der Waals surface area contributed by atoms with E-state index in [2.05, 4.69) is 5.32 Å². The van der Waals surface area contributed by atoms with E-state index in [1.54, 1.807) is 0 Å². The van der Waals surface area contributed by atoms with Crippen LogP contribution in [0.4, 0.5) is 13.2 Å². The third kappa shape index (κ3) is 11.7. The summed E-state index contributed by atoms with van der Waals surface area (Å²) in [4.78, 5) is 2.03. The molecular formula is C9H19F3N2. The molecule has 0 amide bonds. The molecule has 0 unspecified atom stereocenters. The first-order chi connectivity index (χ1) is 6.42. The van der Waals surface area contributed by atoms with E-state index in [0.29, 0.717) is 13.0 Å². The SMILES string of the molecule is CN(C)CCNCCCCC(F)(F)F. The largest absolute Gasteiger partial charge is 0.389 e. The number of unbranched alkanes of at least 4 members (excludes halogenated alkanes) is 1. The molecule has 5 heteroatoms. The van der Waals surface area contributed by atoms with Gasteiger partial charge < -0.3 is 10.2 Å². The van der Waals surface area contributed by atoms with Gasteiger partial charge in [0.05, 0.1) is 0 Å². The molecule has 0 rings (SSSR count). The summed E-state index contributed by atoms with van der Waals surface area (Å²) in [5.74, 6) is 0. The normalized spacial score (nSPS) is 12.4. The minimum Gasteiger partial charge on any atom is -0.315 e. The minimum absolute atomic E-state index is 0.221. The molecule has 0 aliphatic rings. The van der Waals surface area contributed by atoms with Crippen molar-refractivity contribution in [2.45, 2.75) is 25.4 Å². The molecule has 0 radical (unpaired) electrons. The molecule has 0 bridgehead atoms. The summed E-state index contributed by atoms with van der Waals surface area (Å²) >= 11 is 0. The molecule has 14 heavy (non-hydrogen) atoms. The van der Waals surface area contributed by atoms with E-state index in [9.17, 15) is 13.2 Å². The molecule has 0 aliphatic carbocycles. The molecule has 0 fully saturated rings. The molecule has 0 aliphatic heterocycles. The van der Waals surface area contributed by atoms with E-state index >= 15 is 0 Å². The molecule has 0 heterocycles. The van der Waals surface area contributed by atoms with E-state index < -0.39 is 12.6 Å². The number of rotatable bonds is 7. The van der Waals surface area contributed by atoms with Crippen LogP contribution in [0.15, 0.2) is 0 Å². The summed E-state index contributed by atoms with van der Waals surface area (Å²) in [7, 11) is 3.93. The molecule has 86 valence electrons. The summed E-state index contributed by atoms with van der Waals surface area (Å²) in [6.07, 6.45) is -3.85. The number of nitrogens with one attached hydrogen (secondary N) is 1.